The van der Waals surface area contributed by atoms with E-state index in [1.54, 1.807) is 37.3 Å². The Bertz CT molecular complexity index is 1230. The zero-order valence-corrected chi connectivity index (χ0v) is 19.2. The van der Waals surface area contributed by atoms with E-state index in [1.807, 2.05) is 24.3 Å². The molecule has 1 aromatic heterocycles. The van der Waals surface area contributed by atoms with Crippen molar-refractivity contribution in [1.82, 2.24) is 14.5 Å². The number of hydrogen-bond acceptors (Lipinski definition) is 5. The second kappa shape index (κ2) is 9.22. The summed E-state index contributed by atoms with van der Waals surface area (Å²) in [5, 5.41) is 3.94. The van der Waals surface area contributed by atoms with Crippen molar-refractivity contribution in [2.24, 2.45) is 7.05 Å². The number of carbonyl (C=O) groups is 1. The van der Waals surface area contributed by atoms with Gasteiger partial charge in [-0.2, -0.15) is 0 Å². The average molecular weight is 473 g/mol. The van der Waals surface area contributed by atoms with Gasteiger partial charge in [0.15, 0.2) is 0 Å². The summed E-state index contributed by atoms with van der Waals surface area (Å²) < 4.78 is 6.69. The molecule has 0 unspecified atom stereocenters. The molecular weight excluding hydrogens is 451 g/mol. The number of aromatic nitrogens is 2. The largest absolute Gasteiger partial charge is 0.497 e. The fourth-order valence-electron chi connectivity index (χ4n) is 3.65. The van der Waals surface area contributed by atoms with Gasteiger partial charge < -0.3 is 15.0 Å². The van der Waals surface area contributed by atoms with Gasteiger partial charge in [0.25, 0.3) is 11.5 Å². The van der Waals surface area contributed by atoms with Gasteiger partial charge in [-0.05, 0) is 42.3 Å². The molecule has 1 aliphatic heterocycles. The van der Waals surface area contributed by atoms with E-state index in [0.717, 1.165) is 11.3 Å². The Hall–Kier alpha value is -3.03. The number of amides is 1. The number of rotatable bonds is 5. The van der Waals surface area contributed by atoms with Gasteiger partial charge in [-0.15, -0.1) is 0 Å². The topological polar surface area (TPSA) is 76.5 Å². The van der Waals surface area contributed by atoms with Crippen LogP contribution >= 0.6 is 23.2 Å². The first-order valence-corrected chi connectivity index (χ1v) is 10.8. The van der Waals surface area contributed by atoms with Crippen molar-refractivity contribution in [2.45, 2.75) is 19.5 Å². The fourth-order valence-corrected chi connectivity index (χ4v) is 3.95. The molecule has 2 heterocycles. The van der Waals surface area contributed by atoms with Crippen molar-refractivity contribution in [3.63, 3.8) is 0 Å². The molecular formula is C23H22Cl2N4O3. The first-order valence-electron chi connectivity index (χ1n) is 10.1. The number of methoxy groups -OCH3 is 1. The maximum absolute atomic E-state index is 13.0. The van der Waals surface area contributed by atoms with Crippen LogP contribution in [0.4, 0.5) is 5.95 Å². The normalized spacial score (nSPS) is 12.9. The lowest BCUT2D eigenvalue weighted by Crippen LogP contribution is -2.40. The van der Waals surface area contributed by atoms with E-state index in [9.17, 15) is 9.59 Å². The second-order valence-corrected chi connectivity index (χ2v) is 8.35. The van der Waals surface area contributed by atoms with E-state index in [1.165, 1.54) is 4.57 Å². The van der Waals surface area contributed by atoms with Crippen molar-refractivity contribution in [2.75, 3.05) is 19.0 Å². The predicted molar refractivity (Wildman–Crippen MR) is 125 cm³/mol. The Balaban J connectivity index is 1.54. The van der Waals surface area contributed by atoms with Crippen LogP contribution in [0.3, 0.4) is 0 Å². The summed E-state index contributed by atoms with van der Waals surface area (Å²) in [4.78, 5) is 32.2. The first kappa shape index (κ1) is 22.2. The minimum atomic E-state index is -0.176. The van der Waals surface area contributed by atoms with Crippen LogP contribution in [0.15, 0.2) is 47.3 Å². The molecule has 0 spiro atoms. The molecule has 3 aromatic rings. The molecule has 0 atom stereocenters. The van der Waals surface area contributed by atoms with Crippen molar-refractivity contribution < 1.29 is 9.53 Å². The zero-order chi connectivity index (χ0) is 22.8. The Labute approximate surface area is 195 Å². The van der Waals surface area contributed by atoms with Gasteiger partial charge in [-0.1, -0.05) is 35.3 Å². The molecule has 32 heavy (non-hydrogen) atoms. The van der Waals surface area contributed by atoms with Gasteiger partial charge in [-0.25, -0.2) is 4.98 Å². The van der Waals surface area contributed by atoms with Gasteiger partial charge in [0.05, 0.1) is 29.4 Å². The van der Waals surface area contributed by atoms with E-state index in [4.69, 9.17) is 27.9 Å². The van der Waals surface area contributed by atoms with Gasteiger partial charge in [-0.3, -0.25) is 14.2 Å². The summed E-state index contributed by atoms with van der Waals surface area (Å²) in [7, 11) is 3.31. The number of benzene rings is 2. The van der Waals surface area contributed by atoms with E-state index < -0.39 is 0 Å². The highest BCUT2D eigenvalue weighted by molar-refractivity contribution is 6.42. The highest BCUT2D eigenvalue weighted by Crippen LogP contribution is 2.25. The third-order valence-corrected chi connectivity index (χ3v) is 6.24. The van der Waals surface area contributed by atoms with Crippen LogP contribution in [0.5, 0.6) is 5.75 Å². The molecule has 4 rings (SSSR count). The quantitative estimate of drug-likeness (QED) is 0.608. The van der Waals surface area contributed by atoms with Crippen LogP contribution in [-0.4, -0.2) is 34.0 Å². The first-order chi connectivity index (χ1) is 15.4. The highest BCUT2D eigenvalue weighted by atomic mass is 35.5. The molecule has 7 nitrogen and oxygen atoms in total. The van der Waals surface area contributed by atoms with Gasteiger partial charge in [0.1, 0.15) is 5.75 Å². The maximum atomic E-state index is 13.0. The molecule has 9 heteroatoms. The third kappa shape index (κ3) is 4.45. The summed E-state index contributed by atoms with van der Waals surface area (Å²) >= 11 is 12.0. The number of ether oxygens (including phenoxy) is 1. The summed E-state index contributed by atoms with van der Waals surface area (Å²) in [5.41, 5.74) is 2.61. The number of fused-ring (bicyclic) bond motifs is 1. The molecule has 0 saturated heterocycles. The monoisotopic (exact) mass is 472 g/mol. The average Bonchev–Trinajstić information content (AvgIpc) is 2.81. The van der Waals surface area contributed by atoms with Gasteiger partial charge in [0, 0.05) is 31.3 Å². The molecule has 0 saturated carbocycles. The van der Waals surface area contributed by atoms with Crippen LogP contribution in [-0.2, 0) is 26.6 Å². The van der Waals surface area contributed by atoms with Crippen molar-refractivity contribution in [1.29, 1.82) is 0 Å². The molecule has 0 fully saturated rings. The van der Waals surface area contributed by atoms with E-state index >= 15 is 0 Å². The summed E-state index contributed by atoms with van der Waals surface area (Å²) in [6.07, 6.45) is 0.445. The van der Waals surface area contributed by atoms with E-state index in [0.29, 0.717) is 52.3 Å². The number of nitrogens with zero attached hydrogens (tertiary/aromatic N) is 3. The summed E-state index contributed by atoms with van der Waals surface area (Å²) in [6.45, 7) is 1.18. The Kier molecular flexibility index (Phi) is 6.39. The van der Waals surface area contributed by atoms with Crippen molar-refractivity contribution in [3.8, 4) is 5.75 Å². The van der Waals surface area contributed by atoms with Gasteiger partial charge in [0.2, 0.25) is 5.95 Å². The lowest BCUT2D eigenvalue weighted by Gasteiger charge is -2.28. The molecule has 1 N–H and O–H groups in total. The number of carbonyl (C=O) groups excluding carboxylic acids is 1. The van der Waals surface area contributed by atoms with Crippen molar-refractivity contribution >= 4 is 35.1 Å². The maximum Gasteiger partial charge on any atom is 0.258 e. The van der Waals surface area contributed by atoms with Crippen LogP contribution < -0.4 is 15.6 Å². The van der Waals surface area contributed by atoms with E-state index in [2.05, 4.69) is 10.3 Å². The smallest absolute Gasteiger partial charge is 0.258 e. The SMILES string of the molecule is COc1ccc(CNc2nc3c(c(=O)n2C)CCN(C(=O)c2ccc(Cl)c(Cl)c2)C3)cc1. The van der Waals surface area contributed by atoms with Crippen LogP contribution in [0.1, 0.15) is 27.2 Å². The lowest BCUT2D eigenvalue weighted by atomic mass is 10.1. The van der Waals surface area contributed by atoms with Crippen LogP contribution in [0.25, 0.3) is 0 Å². The minimum Gasteiger partial charge on any atom is -0.497 e. The molecule has 2 aromatic carbocycles. The number of anilines is 1. The predicted octanol–water partition coefficient (Wildman–Crippen LogP) is 3.91. The second-order valence-electron chi connectivity index (χ2n) is 7.53. The fraction of sp³-hybridized carbons (Fsp3) is 0.261. The highest BCUT2D eigenvalue weighted by Gasteiger charge is 2.26. The number of nitrogens with one attached hydrogen (secondary N) is 1. The molecule has 166 valence electrons. The third-order valence-electron chi connectivity index (χ3n) is 5.51. The van der Waals surface area contributed by atoms with Crippen LogP contribution in [0.2, 0.25) is 10.0 Å². The van der Waals surface area contributed by atoms with E-state index in [-0.39, 0.29) is 18.0 Å². The number of hydrogen-bond donors (Lipinski definition) is 1. The van der Waals surface area contributed by atoms with Crippen LogP contribution in [0, 0.1) is 0 Å². The van der Waals surface area contributed by atoms with Gasteiger partial charge >= 0.3 is 0 Å². The summed E-state index contributed by atoms with van der Waals surface area (Å²) in [5.74, 6) is 1.05. The molecule has 0 aliphatic carbocycles. The Morgan fingerprint density at radius 1 is 1.16 bits per heavy atom. The molecule has 0 bridgehead atoms. The molecule has 1 amide bonds. The molecule has 0 radical (unpaired) electrons. The minimum absolute atomic E-state index is 0.103. The van der Waals surface area contributed by atoms with Crippen molar-refractivity contribution in [3.05, 3.63) is 85.2 Å². The number of halogens is 2. The lowest BCUT2D eigenvalue weighted by molar-refractivity contribution is 0.0731. The molecule has 1 aliphatic rings. The Morgan fingerprint density at radius 2 is 1.91 bits per heavy atom. The Morgan fingerprint density at radius 3 is 2.59 bits per heavy atom. The standard InChI is InChI=1S/C23H22Cl2N4O3/c1-28-22(31)17-9-10-29(21(30)15-5-8-18(24)19(25)11-15)13-20(17)27-23(28)26-12-14-3-6-16(32-2)7-4-14/h3-8,11H,9-10,12-13H2,1-2H3,(H,26,27). The summed E-state index contributed by atoms with van der Waals surface area (Å²) in [6, 6.07) is 12.4. The zero-order valence-electron chi connectivity index (χ0n) is 17.7.